The first-order valence-electron chi connectivity index (χ1n) is 12.4. The van der Waals surface area contributed by atoms with Gasteiger partial charge in [0.15, 0.2) is 28.7 Å². The molecule has 0 radical (unpaired) electrons. The van der Waals surface area contributed by atoms with E-state index in [9.17, 15) is 14.4 Å². The number of carboxylic acids is 1. The van der Waals surface area contributed by atoms with Crippen LogP contribution in [0, 0.1) is 0 Å². The van der Waals surface area contributed by atoms with Gasteiger partial charge in [0.25, 0.3) is 5.56 Å². The van der Waals surface area contributed by atoms with E-state index in [-0.39, 0.29) is 32.5 Å². The van der Waals surface area contributed by atoms with E-state index in [2.05, 4.69) is 4.99 Å². The van der Waals surface area contributed by atoms with E-state index < -0.39 is 30.1 Å². The lowest BCUT2D eigenvalue weighted by atomic mass is 9.95. The Morgan fingerprint density at radius 1 is 1.05 bits per heavy atom. The topological polar surface area (TPSA) is 135 Å². The maximum atomic E-state index is 13.9. The number of rotatable bonds is 10. The number of hydrogen-bond donors (Lipinski definition) is 1. The van der Waals surface area contributed by atoms with E-state index in [0.29, 0.717) is 38.9 Å². The highest BCUT2D eigenvalue weighted by atomic mass is 35.5. The maximum absolute atomic E-state index is 13.9. The van der Waals surface area contributed by atoms with Gasteiger partial charge in [-0.25, -0.2) is 14.6 Å². The van der Waals surface area contributed by atoms with E-state index in [1.54, 1.807) is 32.1 Å². The molecule has 4 rings (SSSR count). The first-order valence-corrected chi connectivity index (χ1v) is 13.9. The minimum atomic E-state index is -1.19. The average Bonchev–Trinajstić information content (AvgIpc) is 3.24. The van der Waals surface area contributed by atoms with Gasteiger partial charge >= 0.3 is 11.9 Å². The Morgan fingerprint density at radius 3 is 2.19 bits per heavy atom. The highest BCUT2D eigenvalue weighted by molar-refractivity contribution is 7.07. The van der Waals surface area contributed by atoms with Crippen LogP contribution in [0.1, 0.15) is 31.0 Å². The lowest BCUT2D eigenvalue weighted by molar-refractivity contribution is -0.140. The Bertz CT molecular complexity index is 1730. The van der Waals surface area contributed by atoms with Crippen LogP contribution in [0.3, 0.4) is 0 Å². The highest BCUT2D eigenvalue weighted by Crippen LogP contribution is 2.42. The standard InChI is InChI=1S/C28H26Cl2N2O9S/c1-6-40-27(36)22-13(2)31-28-32(23(22)15-10-18(37-3)25(39-5)19(11-15)38-4)26(35)20(42-28)9-14-7-16(29)24(17(30)8-14)41-12-21(33)34/h7-11,23H,6,12H2,1-5H3,(H,33,34)/b20-9+. The van der Waals surface area contributed by atoms with Crippen LogP contribution in [0.4, 0.5) is 0 Å². The lowest BCUT2D eigenvalue weighted by Crippen LogP contribution is -2.40. The van der Waals surface area contributed by atoms with Crippen molar-refractivity contribution >= 4 is 52.6 Å². The van der Waals surface area contributed by atoms with Crippen molar-refractivity contribution in [3.63, 3.8) is 0 Å². The molecule has 1 aliphatic heterocycles. The van der Waals surface area contributed by atoms with Crippen molar-refractivity contribution in [1.82, 2.24) is 4.57 Å². The smallest absolute Gasteiger partial charge is 0.341 e. The molecule has 11 nitrogen and oxygen atoms in total. The van der Waals surface area contributed by atoms with Gasteiger partial charge in [-0.15, -0.1) is 0 Å². The molecule has 0 saturated carbocycles. The number of carbonyl (C=O) groups excluding carboxylic acids is 1. The summed E-state index contributed by atoms with van der Waals surface area (Å²) in [4.78, 5) is 43.0. The summed E-state index contributed by atoms with van der Waals surface area (Å²) in [6.45, 7) is 2.85. The number of thiazole rings is 1. The predicted molar refractivity (Wildman–Crippen MR) is 156 cm³/mol. The molecule has 0 amide bonds. The molecule has 0 bridgehead atoms. The minimum Gasteiger partial charge on any atom is -0.493 e. The zero-order chi connectivity index (χ0) is 30.7. The largest absolute Gasteiger partial charge is 0.493 e. The second-order valence-electron chi connectivity index (χ2n) is 8.76. The summed E-state index contributed by atoms with van der Waals surface area (Å²) in [5, 5.41) is 9.03. The summed E-state index contributed by atoms with van der Waals surface area (Å²) in [5.74, 6) is -0.785. The molecule has 1 unspecified atom stereocenters. The molecule has 0 saturated heterocycles. The fourth-order valence-corrected chi connectivity index (χ4v) is 6.11. The molecule has 1 aliphatic rings. The van der Waals surface area contributed by atoms with Crippen molar-refractivity contribution in [3.05, 3.63) is 76.4 Å². The summed E-state index contributed by atoms with van der Waals surface area (Å²) in [6, 6.07) is 5.38. The Hall–Kier alpha value is -4.00. The van der Waals surface area contributed by atoms with Crippen molar-refractivity contribution < 1.29 is 38.4 Å². The van der Waals surface area contributed by atoms with Crippen LogP contribution in [0.25, 0.3) is 6.08 Å². The Labute approximate surface area is 253 Å². The van der Waals surface area contributed by atoms with Crippen molar-refractivity contribution in [2.24, 2.45) is 4.99 Å². The molecule has 1 N–H and O–H groups in total. The molecule has 0 spiro atoms. The first-order chi connectivity index (χ1) is 20.0. The van der Waals surface area contributed by atoms with E-state index in [4.69, 9.17) is 52.0 Å². The normalized spacial score (nSPS) is 14.6. The molecule has 2 aromatic carbocycles. The number of carbonyl (C=O) groups is 2. The van der Waals surface area contributed by atoms with Gasteiger partial charge in [-0.2, -0.15) is 0 Å². The van der Waals surface area contributed by atoms with Gasteiger partial charge in [-0.1, -0.05) is 34.5 Å². The number of esters is 1. The number of benzene rings is 2. The second-order valence-corrected chi connectivity index (χ2v) is 10.6. The van der Waals surface area contributed by atoms with Gasteiger partial charge in [0, 0.05) is 0 Å². The third-order valence-corrected chi connectivity index (χ3v) is 7.72. The summed E-state index contributed by atoms with van der Waals surface area (Å²) in [5.41, 5.74) is 1.08. The number of nitrogens with zero attached hydrogens (tertiary/aromatic N) is 2. The first kappa shape index (κ1) is 30.9. The van der Waals surface area contributed by atoms with Crippen LogP contribution in [-0.4, -0.2) is 56.2 Å². The minimum absolute atomic E-state index is 0.0106. The Balaban J connectivity index is 1.94. The Kier molecular flexibility index (Phi) is 9.50. The van der Waals surface area contributed by atoms with Gasteiger partial charge in [-0.05, 0) is 55.3 Å². The monoisotopic (exact) mass is 636 g/mol. The number of methoxy groups -OCH3 is 3. The third-order valence-electron chi connectivity index (χ3n) is 6.18. The molecular formula is C28H26Cl2N2O9S. The number of carboxylic acid groups (broad SMARTS) is 1. The van der Waals surface area contributed by atoms with E-state index in [1.165, 1.54) is 38.0 Å². The molecule has 2 heterocycles. The Morgan fingerprint density at radius 2 is 1.67 bits per heavy atom. The van der Waals surface area contributed by atoms with Gasteiger partial charge in [0.2, 0.25) is 5.75 Å². The number of halogens is 2. The van der Waals surface area contributed by atoms with Crippen molar-refractivity contribution in [2.45, 2.75) is 19.9 Å². The summed E-state index contributed by atoms with van der Waals surface area (Å²) < 4.78 is 28.7. The lowest BCUT2D eigenvalue weighted by Gasteiger charge is -2.26. The van der Waals surface area contributed by atoms with E-state index in [0.717, 1.165) is 11.3 Å². The van der Waals surface area contributed by atoms with Crippen LogP contribution in [-0.2, 0) is 14.3 Å². The number of ether oxygens (including phenoxy) is 5. The number of aromatic nitrogens is 1. The summed E-state index contributed by atoms with van der Waals surface area (Å²) in [6.07, 6.45) is 1.57. The quantitative estimate of drug-likeness (QED) is 0.331. The average molecular weight is 637 g/mol. The molecule has 1 atom stereocenters. The molecule has 3 aromatic rings. The summed E-state index contributed by atoms with van der Waals surface area (Å²) >= 11 is 13.7. The number of fused-ring (bicyclic) bond motifs is 1. The molecule has 14 heteroatoms. The molecular weight excluding hydrogens is 611 g/mol. The zero-order valence-electron chi connectivity index (χ0n) is 23.2. The van der Waals surface area contributed by atoms with Gasteiger partial charge < -0.3 is 28.8 Å². The SMILES string of the molecule is CCOC(=O)C1=C(C)N=c2s/c(=C/c3cc(Cl)c(OCC(=O)O)c(Cl)c3)c(=O)n2C1c1cc(OC)c(OC)c(OC)c1. The van der Waals surface area contributed by atoms with Gasteiger partial charge in [0.05, 0.1) is 59.8 Å². The van der Waals surface area contributed by atoms with Gasteiger partial charge in [0.1, 0.15) is 0 Å². The van der Waals surface area contributed by atoms with E-state index in [1.807, 2.05) is 0 Å². The van der Waals surface area contributed by atoms with Crippen LogP contribution in [0.5, 0.6) is 23.0 Å². The fraction of sp³-hybridized carbons (Fsp3) is 0.286. The number of aliphatic carboxylic acids is 1. The van der Waals surface area contributed by atoms with Crippen LogP contribution >= 0.6 is 34.5 Å². The van der Waals surface area contributed by atoms with Crippen molar-refractivity contribution in [1.29, 1.82) is 0 Å². The fourth-order valence-electron chi connectivity index (χ4n) is 4.45. The van der Waals surface area contributed by atoms with Crippen LogP contribution in [0.15, 0.2) is 45.3 Å². The third kappa shape index (κ3) is 5.96. The summed E-state index contributed by atoms with van der Waals surface area (Å²) in [7, 11) is 4.41. The van der Waals surface area contributed by atoms with Crippen LogP contribution < -0.4 is 33.8 Å². The molecule has 222 valence electrons. The second kappa shape index (κ2) is 12.9. The molecule has 0 fully saturated rings. The van der Waals surface area contributed by atoms with Gasteiger partial charge in [-0.3, -0.25) is 9.36 Å². The maximum Gasteiger partial charge on any atom is 0.341 e. The number of allylic oxidation sites excluding steroid dienone is 1. The highest BCUT2D eigenvalue weighted by Gasteiger charge is 2.34. The van der Waals surface area contributed by atoms with Crippen LogP contribution in [0.2, 0.25) is 10.0 Å². The number of hydrogen-bond acceptors (Lipinski definition) is 10. The molecule has 1 aromatic heterocycles. The molecule has 0 aliphatic carbocycles. The predicted octanol–water partition coefficient (Wildman–Crippen LogP) is 3.59. The van der Waals surface area contributed by atoms with Crippen molar-refractivity contribution in [3.8, 4) is 23.0 Å². The zero-order valence-corrected chi connectivity index (χ0v) is 25.5. The van der Waals surface area contributed by atoms with E-state index >= 15 is 0 Å². The molecule has 42 heavy (non-hydrogen) atoms. The van der Waals surface area contributed by atoms with Crippen molar-refractivity contribution in [2.75, 3.05) is 34.5 Å².